The maximum atomic E-state index is 12.9. The van der Waals surface area contributed by atoms with Gasteiger partial charge >= 0.3 is 11.9 Å². The Kier molecular flexibility index (Phi) is 5.40. The summed E-state index contributed by atoms with van der Waals surface area (Å²) in [4.78, 5) is 24.9. The second-order valence-electron chi connectivity index (χ2n) is 7.91. The van der Waals surface area contributed by atoms with Crippen molar-refractivity contribution >= 4 is 22.7 Å². The number of aryl methyl sites for hydroxylation is 1. The molecule has 0 fully saturated rings. The van der Waals surface area contributed by atoms with Crippen molar-refractivity contribution in [3.8, 4) is 16.9 Å². The molecule has 0 radical (unpaired) electrons. The molecule has 1 aliphatic rings. The Morgan fingerprint density at radius 3 is 2.57 bits per heavy atom. The third kappa shape index (κ3) is 3.73. The van der Waals surface area contributed by atoms with Crippen molar-refractivity contribution in [3.05, 3.63) is 77.4 Å². The van der Waals surface area contributed by atoms with Gasteiger partial charge in [0, 0.05) is 16.7 Å². The Hall–Kier alpha value is -3.40. The standard InChI is InChI=1S/C26H24O4/c1-16-7-5-10-19(15-16)26(29)30-22-14-13-18-9-3-4-11-20(18)24(22)23-17(2)8-6-12-21(23)25(27)28/h3-4,6,8-9,11-16H,5,7,10H2,1-2H3,(H,27,28). The van der Waals surface area contributed by atoms with Gasteiger partial charge in [-0.25, -0.2) is 9.59 Å². The monoisotopic (exact) mass is 400 g/mol. The normalized spacial score (nSPS) is 16.2. The highest BCUT2D eigenvalue weighted by molar-refractivity contribution is 6.07. The van der Waals surface area contributed by atoms with Gasteiger partial charge in [-0.15, -0.1) is 0 Å². The number of fused-ring (bicyclic) bond motifs is 1. The lowest BCUT2D eigenvalue weighted by molar-refractivity contribution is -0.130. The smallest absolute Gasteiger partial charge is 0.339 e. The summed E-state index contributed by atoms with van der Waals surface area (Å²) < 4.78 is 5.89. The van der Waals surface area contributed by atoms with E-state index in [1.165, 1.54) is 0 Å². The molecule has 0 saturated heterocycles. The Balaban J connectivity index is 1.91. The zero-order chi connectivity index (χ0) is 21.3. The molecule has 0 saturated carbocycles. The van der Waals surface area contributed by atoms with Gasteiger partial charge in [-0.05, 0) is 60.6 Å². The third-order valence-corrected chi connectivity index (χ3v) is 5.70. The summed E-state index contributed by atoms with van der Waals surface area (Å²) in [5.41, 5.74) is 2.91. The van der Waals surface area contributed by atoms with Crippen molar-refractivity contribution in [3.63, 3.8) is 0 Å². The molecule has 0 amide bonds. The zero-order valence-electron chi connectivity index (χ0n) is 17.1. The number of hydrogen-bond acceptors (Lipinski definition) is 3. The predicted octanol–water partition coefficient (Wildman–Crippen LogP) is 6.17. The van der Waals surface area contributed by atoms with Crippen LogP contribution < -0.4 is 4.74 Å². The van der Waals surface area contributed by atoms with E-state index in [-0.39, 0.29) is 11.5 Å². The maximum Gasteiger partial charge on any atom is 0.339 e. The van der Waals surface area contributed by atoms with Crippen molar-refractivity contribution < 1.29 is 19.4 Å². The molecular formula is C26H24O4. The summed E-state index contributed by atoms with van der Waals surface area (Å²) in [7, 11) is 0. The molecule has 30 heavy (non-hydrogen) atoms. The molecule has 0 spiro atoms. The van der Waals surface area contributed by atoms with Gasteiger partial charge in [-0.2, -0.15) is 0 Å². The van der Waals surface area contributed by atoms with Gasteiger partial charge in [0.25, 0.3) is 0 Å². The van der Waals surface area contributed by atoms with Gasteiger partial charge in [0.05, 0.1) is 5.56 Å². The fourth-order valence-electron chi connectivity index (χ4n) is 4.23. The number of allylic oxidation sites excluding steroid dienone is 1. The fourth-order valence-corrected chi connectivity index (χ4v) is 4.23. The molecule has 0 aromatic heterocycles. The average Bonchev–Trinajstić information content (AvgIpc) is 2.73. The Bertz CT molecular complexity index is 1170. The molecule has 3 aromatic rings. The number of ether oxygens (including phenoxy) is 1. The van der Waals surface area contributed by atoms with Crippen LogP contribution in [0.15, 0.2) is 66.2 Å². The van der Waals surface area contributed by atoms with Crippen LogP contribution in [0.3, 0.4) is 0 Å². The van der Waals surface area contributed by atoms with Crippen LogP contribution in [-0.2, 0) is 4.79 Å². The van der Waals surface area contributed by atoms with Crippen LogP contribution in [0.1, 0.15) is 42.1 Å². The largest absolute Gasteiger partial charge is 0.478 e. The molecule has 1 atom stereocenters. The van der Waals surface area contributed by atoms with E-state index in [1.54, 1.807) is 18.2 Å². The quantitative estimate of drug-likeness (QED) is 0.420. The van der Waals surface area contributed by atoms with Crippen LogP contribution in [0.2, 0.25) is 0 Å². The first kappa shape index (κ1) is 19.9. The molecule has 3 aromatic carbocycles. The Morgan fingerprint density at radius 1 is 1.00 bits per heavy atom. The Labute approximate surface area is 175 Å². The van der Waals surface area contributed by atoms with E-state index in [0.29, 0.717) is 34.8 Å². The fraction of sp³-hybridized carbons (Fsp3) is 0.231. The minimum absolute atomic E-state index is 0.189. The highest BCUT2D eigenvalue weighted by Gasteiger charge is 2.23. The molecule has 4 heteroatoms. The molecule has 1 unspecified atom stereocenters. The first-order valence-corrected chi connectivity index (χ1v) is 10.2. The molecule has 0 aliphatic heterocycles. The molecular weight excluding hydrogens is 376 g/mol. The van der Waals surface area contributed by atoms with Crippen LogP contribution in [0, 0.1) is 12.8 Å². The number of carboxylic acid groups (broad SMARTS) is 1. The number of benzene rings is 3. The third-order valence-electron chi connectivity index (χ3n) is 5.70. The lowest BCUT2D eigenvalue weighted by Crippen LogP contribution is -2.16. The number of esters is 1. The van der Waals surface area contributed by atoms with E-state index in [2.05, 4.69) is 6.92 Å². The molecule has 1 aliphatic carbocycles. The first-order valence-electron chi connectivity index (χ1n) is 10.2. The van der Waals surface area contributed by atoms with Gasteiger partial charge in [0.2, 0.25) is 0 Å². The van der Waals surface area contributed by atoms with E-state index in [1.807, 2.05) is 49.4 Å². The van der Waals surface area contributed by atoms with Gasteiger partial charge < -0.3 is 9.84 Å². The van der Waals surface area contributed by atoms with Gasteiger partial charge in [-0.3, -0.25) is 0 Å². The summed E-state index contributed by atoms with van der Waals surface area (Å²) in [5, 5.41) is 11.6. The van der Waals surface area contributed by atoms with Crippen molar-refractivity contribution in [2.75, 3.05) is 0 Å². The van der Waals surface area contributed by atoms with Gasteiger partial charge in [-0.1, -0.05) is 55.5 Å². The lowest BCUT2D eigenvalue weighted by Gasteiger charge is -2.20. The molecule has 0 bridgehead atoms. The molecule has 1 N–H and O–H groups in total. The summed E-state index contributed by atoms with van der Waals surface area (Å²) in [6.45, 7) is 3.97. The van der Waals surface area contributed by atoms with E-state index >= 15 is 0 Å². The van der Waals surface area contributed by atoms with Crippen LogP contribution in [-0.4, -0.2) is 17.0 Å². The van der Waals surface area contributed by atoms with Crippen molar-refractivity contribution in [1.29, 1.82) is 0 Å². The lowest BCUT2D eigenvalue weighted by atomic mass is 9.90. The minimum atomic E-state index is -1.01. The average molecular weight is 400 g/mol. The van der Waals surface area contributed by atoms with Crippen molar-refractivity contribution in [2.24, 2.45) is 5.92 Å². The number of rotatable bonds is 4. The molecule has 4 rings (SSSR count). The van der Waals surface area contributed by atoms with Crippen molar-refractivity contribution in [2.45, 2.75) is 33.1 Å². The summed E-state index contributed by atoms with van der Waals surface area (Å²) in [6.07, 6.45) is 4.73. The van der Waals surface area contributed by atoms with Gasteiger partial charge in [0.1, 0.15) is 5.75 Å². The number of carbonyl (C=O) groups excluding carboxylic acids is 1. The van der Waals surface area contributed by atoms with Crippen LogP contribution in [0.25, 0.3) is 21.9 Å². The zero-order valence-corrected chi connectivity index (χ0v) is 17.1. The molecule has 152 valence electrons. The van der Waals surface area contributed by atoms with Crippen molar-refractivity contribution in [1.82, 2.24) is 0 Å². The number of aromatic carboxylic acids is 1. The van der Waals surface area contributed by atoms with Gasteiger partial charge in [0.15, 0.2) is 0 Å². The predicted molar refractivity (Wildman–Crippen MR) is 118 cm³/mol. The molecule has 0 heterocycles. The molecule has 4 nitrogen and oxygen atoms in total. The second kappa shape index (κ2) is 8.15. The Morgan fingerprint density at radius 2 is 1.80 bits per heavy atom. The van der Waals surface area contributed by atoms with E-state index in [0.717, 1.165) is 29.2 Å². The van der Waals surface area contributed by atoms with Crippen LogP contribution in [0.5, 0.6) is 5.75 Å². The first-order chi connectivity index (χ1) is 14.5. The topological polar surface area (TPSA) is 63.6 Å². The summed E-state index contributed by atoms with van der Waals surface area (Å²) in [5.74, 6) is -0.631. The highest BCUT2D eigenvalue weighted by Crippen LogP contribution is 2.41. The number of hydrogen-bond donors (Lipinski definition) is 1. The van der Waals surface area contributed by atoms with E-state index < -0.39 is 5.97 Å². The van der Waals surface area contributed by atoms with Crippen LogP contribution in [0.4, 0.5) is 0 Å². The summed E-state index contributed by atoms with van der Waals surface area (Å²) in [6, 6.07) is 16.6. The highest BCUT2D eigenvalue weighted by atomic mass is 16.5. The second-order valence-corrected chi connectivity index (χ2v) is 7.91. The van der Waals surface area contributed by atoms with Crippen LogP contribution >= 0.6 is 0 Å². The van der Waals surface area contributed by atoms with E-state index in [9.17, 15) is 14.7 Å². The number of carbonyl (C=O) groups is 2. The minimum Gasteiger partial charge on any atom is -0.478 e. The number of carboxylic acids is 1. The summed E-state index contributed by atoms with van der Waals surface area (Å²) >= 11 is 0. The van der Waals surface area contributed by atoms with E-state index in [4.69, 9.17) is 4.74 Å². The SMILES string of the molecule is Cc1cccc(C(=O)O)c1-c1c(OC(=O)C2=CC(C)CCC2)ccc2ccccc12. The maximum absolute atomic E-state index is 12.9.